The van der Waals surface area contributed by atoms with Crippen LogP contribution in [0.15, 0.2) is 58.3 Å². The van der Waals surface area contributed by atoms with Gasteiger partial charge in [-0.05, 0) is 37.1 Å². The average molecular weight is 399 g/mol. The molecule has 0 N–H and O–H groups in total. The molecule has 0 bridgehead atoms. The van der Waals surface area contributed by atoms with Crippen molar-refractivity contribution in [3.8, 4) is 0 Å². The monoisotopic (exact) mass is 398 g/mol. The van der Waals surface area contributed by atoms with Crippen LogP contribution in [0, 0.1) is 13.8 Å². The number of rotatable bonds is 8. The molecule has 0 aliphatic rings. The zero-order valence-corrected chi connectivity index (χ0v) is 16.8. The van der Waals surface area contributed by atoms with Crippen LogP contribution in [0.5, 0.6) is 0 Å². The summed E-state index contributed by atoms with van der Waals surface area (Å²) in [7, 11) is -6.67. The van der Waals surface area contributed by atoms with E-state index in [1.165, 1.54) is 11.8 Å². The molecule has 0 saturated heterocycles. The van der Waals surface area contributed by atoms with Crippen molar-refractivity contribution in [1.29, 1.82) is 0 Å². The highest BCUT2D eigenvalue weighted by atomic mass is 32.2. The van der Waals surface area contributed by atoms with Crippen molar-refractivity contribution in [2.75, 3.05) is 23.0 Å². The Kier molecular flexibility index (Phi) is 6.71. The van der Waals surface area contributed by atoms with Gasteiger partial charge in [0, 0.05) is 11.5 Å². The molecule has 7 heteroatoms. The Hall–Kier alpha value is -1.31. The predicted octanol–water partition coefficient (Wildman–Crippen LogP) is 3.28. The minimum atomic E-state index is -3.34. The van der Waals surface area contributed by atoms with Crippen LogP contribution in [0.4, 0.5) is 0 Å². The zero-order valence-electron chi connectivity index (χ0n) is 14.3. The van der Waals surface area contributed by atoms with Crippen molar-refractivity contribution in [2.45, 2.75) is 23.6 Å². The molecule has 0 saturated carbocycles. The quantitative estimate of drug-likeness (QED) is 0.638. The maximum absolute atomic E-state index is 12.3. The number of aryl methyl sites for hydroxylation is 2. The van der Waals surface area contributed by atoms with Gasteiger partial charge in [0.05, 0.1) is 21.3 Å². The summed E-state index contributed by atoms with van der Waals surface area (Å²) in [6, 6.07) is 13.8. The predicted molar refractivity (Wildman–Crippen MR) is 104 cm³/mol. The molecular weight excluding hydrogens is 376 g/mol. The van der Waals surface area contributed by atoms with Crippen LogP contribution in [0.3, 0.4) is 0 Å². The van der Waals surface area contributed by atoms with Crippen molar-refractivity contribution in [2.24, 2.45) is 0 Å². The van der Waals surface area contributed by atoms with Crippen molar-refractivity contribution in [1.82, 2.24) is 0 Å². The first-order chi connectivity index (χ1) is 11.7. The lowest BCUT2D eigenvalue weighted by Gasteiger charge is -2.09. The van der Waals surface area contributed by atoms with Gasteiger partial charge in [-0.15, -0.1) is 0 Å². The molecule has 2 aromatic carbocycles. The van der Waals surface area contributed by atoms with E-state index in [1.54, 1.807) is 62.4 Å². The molecule has 0 spiro atoms. The van der Waals surface area contributed by atoms with Gasteiger partial charge in [-0.3, -0.25) is 0 Å². The molecule has 0 radical (unpaired) electrons. The Labute approximate surface area is 154 Å². The Morgan fingerprint density at radius 3 is 1.40 bits per heavy atom. The van der Waals surface area contributed by atoms with Gasteiger partial charge in [0.1, 0.15) is 0 Å². The third-order valence-corrected chi connectivity index (χ3v) is 9.09. The molecule has 0 aliphatic carbocycles. The summed E-state index contributed by atoms with van der Waals surface area (Å²) >= 11 is 1.35. The summed E-state index contributed by atoms with van der Waals surface area (Å²) in [6.45, 7) is 3.55. The molecular formula is C18H22O4S3. The molecule has 25 heavy (non-hydrogen) atoms. The fourth-order valence-corrected chi connectivity index (χ4v) is 7.50. The van der Waals surface area contributed by atoms with Crippen molar-refractivity contribution in [3.05, 3.63) is 59.7 Å². The molecule has 0 aliphatic heterocycles. The van der Waals surface area contributed by atoms with Crippen LogP contribution in [0.2, 0.25) is 0 Å². The Morgan fingerprint density at radius 2 is 1.04 bits per heavy atom. The number of sulfone groups is 2. The maximum Gasteiger partial charge on any atom is 0.179 e. The van der Waals surface area contributed by atoms with Crippen molar-refractivity contribution in [3.63, 3.8) is 0 Å². The Morgan fingerprint density at radius 1 is 0.680 bits per heavy atom. The smallest absolute Gasteiger partial charge is 0.179 e. The van der Waals surface area contributed by atoms with E-state index in [0.717, 1.165) is 11.1 Å². The van der Waals surface area contributed by atoms with Crippen LogP contribution in [-0.2, 0) is 19.7 Å². The lowest BCUT2D eigenvalue weighted by molar-refractivity contribution is 0.595. The van der Waals surface area contributed by atoms with E-state index in [0.29, 0.717) is 21.3 Å². The summed E-state index contributed by atoms with van der Waals surface area (Å²) in [5.74, 6) is 0.764. The lowest BCUT2D eigenvalue weighted by Crippen LogP contribution is -2.13. The number of hydrogen-bond donors (Lipinski definition) is 0. The van der Waals surface area contributed by atoms with Crippen molar-refractivity contribution >= 4 is 31.4 Å². The Bertz CT molecular complexity index is 855. The topological polar surface area (TPSA) is 68.3 Å². The highest BCUT2D eigenvalue weighted by Crippen LogP contribution is 2.19. The van der Waals surface area contributed by atoms with Gasteiger partial charge in [-0.25, -0.2) is 16.8 Å². The van der Waals surface area contributed by atoms with Crippen LogP contribution >= 0.6 is 11.8 Å². The van der Waals surface area contributed by atoms with Gasteiger partial charge >= 0.3 is 0 Å². The van der Waals surface area contributed by atoms with Gasteiger partial charge in [0.25, 0.3) is 0 Å². The van der Waals surface area contributed by atoms with E-state index < -0.39 is 19.7 Å². The SMILES string of the molecule is Cc1ccccc1S(=O)(=O)CCSCCS(=O)(=O)c1ccccc1C. The lowest BCUT2D eigenvalue weighted by atomic mass is 10.2. The first kappa shape index (κ1) is 20.0. The highest BCUT2D eigenvalue weighted by molar-refractivity contribution is 8.01. The van der Waals surface area contributed by atoms with Crippen molar-refractivity contribution < 1.29 is 16.8 Å². The fraction of sp³-hybridized carbons (Fsp3) is 0.333. The standard InChI is InChI=1S/C18H22O4S3/c1-15-7-3-5-9-17(15)24(19,20)13-11-23-12-14-25(21,22)18-10-6-4-8-16(18)2/h3-10H,11-14H2,1-2H3. The first-order valence-electron chi connectivity index (χ1n) is 7.88. The minimum absolute atomic E-state index is 0.00688. The van der Waals surface area contributed by atoms with Gasteiger partial charge in [0.2, 0.25) is 0 Å². The second-order valence-electron chi connectivity index (χ2n) is 5.78. The van der Waals surface area contributed by atoms with Gasteiger partial charge < -0.3 is 0 Å². The van der Waals surface area contributed by atoms with Crippen LogP contribution in [0.25, 0.3) is 0 Å². The summed E-state index contributed by atoms with van der Waals surface area (Å²) in [6.07, 6.45) is 0. The third-order valence-electron chi connectivity index (χ3n) is 3.85. The second kappa shape index (κ2) is 8.38. The van der Waals surface area contributed by atoms with Gasteiger partial charge in [-0.1, -0.05) is 36.4 Å². The summed E-state index contributed by atoms with van der Waals surface area (Å²) in [5.41, 5.74) is 1.46. The highest BCUT2D eigenvalue weighted by Gasteiger charge is 2.18. The molecule has 0 atom stereocenters. The van der Waals surface area contributed by atoms with E-state index in [-0.39, 0.29) is 11.5 Å². The molecule has 0 heterocycles. The fourth-order valence-electron chi connectivity index (χ4n) is 2.47. The van der Waals surface area contributed by atoms with E-state index in [2.05, 4.69) is 0 Å². The van der Waals surface area contributed by atoms with Crippen LogP contribution < -0.4 is 0 Å². The van der Waals surface area contributed by atoms with E-state index in [4.69, 9.17) is 0 Å². The zero-order chi connectivity index (χ0) is 18.5. The number of thioether (sulfide) groups is 1. The molecule has 0 unspecified atom stereocenters. The normalized spacial score (nSPS) is 12.2. The summed E-state index contributed by atoms with van der Waals surface area (Å²) in [4.78, 5) is 0.700. The summed E-state index contributed by atoms with van der Waals surface area (Å²) < 4.78 is 49.4. The largest absolute Gasteiger partial charge is 0.224 e. The number of benzene rings is 2. The minimum Gasteiger partial charge on any atom is -0.224 e. The van der Waals surface area contributed by atoms with Gasteiger partial charge in [-0.2, -0.15) is 11.8 Å². The molecule has 0 amide bonds. The average Bonchev–Trinajstić information content (AvgIpc) is 2.54. The van der Waals surface area contributed by atoms with E-state index >= 15 is 0 Å². The molecule has 2 aromatic rings. The van der Waals surface area contributed by atoms with Gasteiger partial charge in [0.15, 0.2) is 19.7 Å². The molecule has 0 aromatic heterocycles. The Balaban J connectivity index is 1.88. The number of hydrogen-bond acceptors (Lipinski definition) is 5. The van der Waals surface area contributed by atoms with E-state index in [9.17, 15) is 16.8 Å². The second-order valence-corrected chi connectivity index (χ2v) is 11.2. The molecule has 136 valence electrons. The van der Waals surface area contributed by atoms with Crippen LogP contribution in [-0.4, -0.2) is 39.8 Å². The maximum atomic E-state index is 12.3. The van der Waals surface area contributed by atoms with Crippen LogP contribution in [0.1, 0.15) is 11.1 Å². The van der Waals surface area contributed by atoms with E-state index in [1.807, 2.05) is 0 Å². The molecule has 0 fully saturated rings. The molecule has 2 rings (SSSR count). The third kappa shape index (κ3) is 5.33. The first-order valence-corrected chi connectivity index (χ1v) is 12.3. The summed E-state index contributed by atoms with van der Waals surface area (Å²) in [5, 5.41) is 0. The molecule has 4 nitrogen and oxygen atoms in total.